The van der Waals surface area contributed by atoms with Crippen LogP contribution in [-0.4, -0.2) is 22.9 Å². The van der Waals surface area contributed by atoms with Crippen molar-refractivity contribution in [2.75, 3.05) is 9.80 Å². The summed E-state index contributed by atoms with van der Waals surface area (Å²) in [6.45, 7) is 17.4. The van der Waals surface area contributed by atoms with E-state index in [1.807, 2.05) is 0 Å². The van der Waals surface area contributed by atoms with Crippen LogP contribution in [0.2, 0.25) is 0 Å². The predicted molar refractivity (Wildman–Crippen MR) is 300 cm³/mol. The Kier molecular flexibility index (Phi) is 11.6. The Morgan fingerprint density at radius 1 is 0.408 bits per heavy atom. The van der Waals surface area contributed by atoms with E-state index in [0.29, 0.717) is 0 Å². The summed E-state index contributed by atoms with van der Waals surface area (Å²) in [7, 11) is -0.455. The maximum absolute atomic E-state index is 6.50. The molecule has 6 heteroatoms. The molecule has 0 saturated carbocycles. The lowest BCUT2D eigenvalue weighted by molar-refractivity contribution is 0.00578. The van der Waals surface area contributed by atoms with Crippen molar-refractivity contribution in [1.82, 2.24) is 4.57 Å². The summed E-state index contributed by atoms with van der Waals surface area (Å²) >= 11 is 0. The van der Waals surface area contributed by atoms with Gasteiger partial charge in [0, 0.05) is 50.6 Å². The Balaban J connectivity index is 1.09. The van der Waals surface area contributed by atoms with Gasteiger partial charge in [0.1, 0.15) is 0 Å². The molecule has 1 fully saturated rings. The van der Waals surface area contributed by atoms with Crippen LogP contribution in [0.5, 0.6) is 0 Å². The average Bonchev–Trinajstić information content (AvgIpc) is 3.82. The minimum atomic E-state index is -0.455. The Hall–Kier alpha value is -7.64. The van der Waals surface area contributed by atoms with Crippen LogP contribution >= 0.6 is 0 Å². The third-order valence-electron chi connectivity index (χ3n) is 14.7. The molecular formula is C65H60BN3O2. The molecule has 0 amide bonds. The lowest BCUT2D eigenvalue weighted by Gasteiger charge is -2.32. The van der Waals surface area contributed by atoms with E-state index in [-0.39, 0.29) is 5.41 Å². The summed E-state index contributed by atoms with van der Waals surface area (Å²) < 4.78 is 15.4. The first-order valence-electron chi connectivity index (χ1n) is 24.8. The monoisotopic (exact) mass is 925 g/mol. The predicted octanol–water partition coefficient (Wildman–Crippen LogP) is 17.0. The van der Waals surface area contributed by atoms with E-state index >= 15 is 0 Å². The minimum Gasteiger partial charge on any atom is -0.399 e. The average molecular weight is 926 g/mol. The van der Waals surface area contributed by atoms with Gasteiger partial charge in [-0.2, -0.15) is 0 Å². The van der Waals surface area contributed by atoms with Crippen molar-refractivity contribution >= 4 is 68.5 Å². The SMILES string of the molecule is Cc1ccc(N(c2ccc(-c3ccccc3)cc2)c2ccc3c(c2)c2cc(N(c4ccc(B5OC(C)(C)C(C)(C)O5)cc4)c4ccc(-c5ccccc5)cc4)ccc2n3-c2ccc(C(C)(C)C)cc2)cc1. The second kappa shape index (κ2) is 18.0. The van der Waals surface area contributed by atoms with E-state index in [4.69, 9.17) is 9.31 Å². The number of hydrogen-bond donors (Lipinski definition) is 0. The molecule has 0 aliphatic carbocycles. The lowest BCUT2D eigenvalue weighted by Crippen LogP contribution is -2.41. The second-order valence-electron chi connectivity index (χ2n) is 21.0. The molecule has 10 aromatic rings. The van der Waals surface area contributed by atoms with Gasteiger partial charge >= 0.3 is 7.12 Å². The van der Waals surface area contributed by atoms with Crippen LogP contribution in [-0.2, 0) is 14.7 Å². The van der Waals surface area contributed by atoms with Gasteiger partial charge in [0.25, 0.3) is 0 Å². The lowest BCUT2D eigenvalue weighted by atomic mass is 9.79. The van der Waals surface area contributed by atoms with E-state index in [9.17, 15) is 0 Å². The molecule has 1 aliphatic heterocycles. The number of aryl methyl sites for hydroxylation is 1. The summed E-state index contributed by atoms with van der Waals surface area (Å²) in [5.74, 6) is 0. The van der Waals surface area contributed by atoms with Gasteiger partial charge in [-0.25, -0.2) is 0 Å². The maximum Gasteiger partial charge on any atom is 0.494 e. The number of aromatic nitrogens is 1. The van der Waals surface area contributed by atoms with E-state index in [1.165, 1.54) is 33.4 Å². The fourth-order valence-corrected chi connectivity index (χ4v) is 9.88. The standard InChI is InChI=1S/C65H60BN3O2/c1-45-19-29-52(30-20-45)67(53-31-21-48(22-32-53)46-15-11-9-12-16-46)57-39-41-61-59(43-57)60-44-58(40-42-62(60)69(61)56-35-25-50(26-36-56)63(2,3)4)68(54-33-23-49(24-34-54)47-17-13-10-14-18-47)55-37-27-51(28-38-55)66-70-64(5,6)65(7,8)71-66/h9-44H,1-8H3. The molecular weight excluding hydrogens is 866 g/mol. The Morgan fingerprint density at radius 2 is 0.775 bits per heavy atom. The highest BCUT2D eigenvalue weighted by molar-refractivity contribution is 6.62. The minimum absolute atomic E-state index is 0.0349. The fraction of sp³-hybridized carbons (Fsp3) is 0.169. The number of benzene rings is 9. The number of nitrogens with zero attached hydrogens (tertiary/aromatic N) is 3. The molecule has 350 valence electrons. The number of rotatable bonds is 10. The van der Waals surface area contributed by atoms with E-state index < -0.39 is 18.3 Å². The Labute approximate surface area is 419 Å². The normalized spacial score (nSPS) is 14.3. The third-order valence-corrected chi connectivity index (χ3v) is 14.7. The molecule has 9 aromatic carbocycles. The van der Waals surface area contributed by atoms with Crippen molar-refractivity contribution in [1.29, 1.82) is 0 Å². The third kappa shape index (κ3) is 8.73. The Bertz CT molecular complexity index is 3470. The van der Waals surface area contributed by atoms with Gasteiger partial charge in [0.2, 0.25) is 0 Å². The van der Waals surface area contributed by atoms with Crippen LogP contribution < -0.4 is 15.3 Å². The number of hydrogen-bond acceptors (Lipinski definition) is 4. The van der Waals surface area contributed by atoms with Crippen LogP contribution in [0.4, 0.5) is 34.1 Å². The molecule has 0 spiro atoms. The van der Waals surface area contributed by atoms with Crippen LogP contribution in [0.3, 0.4) is 0 Å². The quantitative estimate of drug-likeness (QED) is 0.128. The molecule has 0 unspecified atom stereocenters. The van der Waals surface area contributed by atoms with Crippen molar-refractivity contribution in [3.63, 3.8) is 0 Å². The molecule has 71 heavy (non-hydrogen) atoms. The van der Waals surface area contributed by atoms with Gasteiger partial charge in [0.15, 0.2) is 0 Å². The first-order chi connectivity index (χ1) is 34.2. The van der Waals surface area contributed by atoms with Crippen LogP contribution in [0.25, 0.3) is 49.7 Å². The molecule has 0 atom stereocenters. The van der Waals surface area contributed by atoms with Gasteiger partial charge in [-0.1, -0.05) is 148 Å². The first kappa shape index (κ1) is 45.8. The van der Waals surface area contributed by atoms with Crippen molar-refractivity contribution in [2.24, 2.45) is 0 Å². The molecule has 0 radical (unpaired) electrons. The van der Waals surface area contributed by atoms with E-state index in [1.54, 1.807) is 0 Å². The van der Waals surface area contributed by atoms with Gasteiger partial charge in [0.05, 0.1) is 22.2 Å². The number of anilines is 6. The van der Waals surface area contributed by atoms with Gasteiger partial charge in [-0.3, -0.25) is 0 Å². The Morgan fingerprint density at radius 3 is 1.18 bits per heavy atom. The van der Waals surface area contributed by atoms with Gasteiger partial charge in [-0.05, 0) is 170 Å². The zero-order valence-corrected chi connectivity index (χ0v) is 42.0. The summed E-state index contributed by atoms with van der Waals surface area (Å²) in [6, 6.07) is 79.5. The summed E-state index contributed by atoms with van der Waals surface area (Å²) in [4.78, 5) is 4.74. The molecule has 11 rings (SSSR count). The topological polar surface area (TPSA) is 29.9 Å². The van der Waals surface area contributed by atoms with Gasteiger partial charge < -0.3 is 23.7 Å². The second-order valence-corrected chi connectivity index (χ2v) is 21.0. The molecule has 1 aromatic heterocycles. The summed E-state index contributed by atoms with van der Waals surface area (Å²) in [5.41, 5.74) is 17.2. The highest BCUT2D eigenvalue weighted by Gasteiger charge is 2.51. The van der Waals surface area contributed by atoms with Crippen LogP contribution in [0.15, 0.2) is 218 Å². The van der Waals surface area contributed by atoms with Crippen LogP contribution in [0.1, 0.15) is 59.6 Å². The largest absolute Gasteiger partial charge is 0.494 e. The highest BCUT2D eigenvalue weighted by Crippen LogP contribution is 2.44. The molecule has 1 saturated heterocycles. The van der Waals surface area contributed by atoms with Crippen molar-refractivity contribution in [3.8, 4) is 27.9 Å². The molecule has 0 N–H and O–H groups in total. The van der Waals surface area contributed by atoms with Gasteiger partial charge in [-0.15, -0.1) is 0 Å². The van der Waals surface area contributed by atoms with Crippen LogP contribution in [0, 0.1) is 6.92 Å². The highest BCUT2D eigenvalue weighted by atomic mass is 16.7. The smallest absolute Gasteiger partial charge is 0.399 e. The summed E-state index contributed by atoms with van der Waals surface area (Å²) in [5, 5.41) is 2.31. The molecule has 5 nitrogen and oxygen atoms in total. The van der Waals surface area contributed by atoms with Crippen molar-refractivity contribution in [2.45, 2.75) is 72.0 Å². The first-order valence-corrected chi connectivity index (χ1v) is 24.8. The zero-order valence-electron chi connectivity index (χ0n) is 42.0. The van der Waals surface area contributed by atoms with E-state index in [0.717, 1.165) is 67.1 Å². The van der Waals surface area contributed by atoms with E-state index in [2.05, 4.69) is 288 Å². The maximum atomic E-state index is 6.50. The molecule has 1 aliphatic rings. The fourth-order valence-electron chi connectivity index (χ4n) is 9.88. The van der Waals surface area contributed by atoms with Crippen molar-refractivity contribution < 1.29 is 9.31 Å². The summed E-state index contributed by atoms with van der Waals surface area (Å²) in [6.07, 6.45) is 0. The number of fused-ring (bicyclic) bond motifs is 3. The molecule has 2 heterocycles. The molecule has 0 bridgehead atoms. The zero-order chi connectivity index (χ0) is 49.1. The van der Waals surface area contributed by atoms with Crippen molar-refractivity contribution in [3.05, 3.63) is 230 Å².